The van der Waals surface area contributed by atoms with Crippen LogP contribution < -0.4 is 0 Å². The molecule has 1 aromatic rings. The number of nitrogens with zero attached hydrogens (tertiary/aromatic N) is 2. The van der Waals surface area contributed by atoms with Crippen molar-refractivity contribution in [3.63, 3.8) is 0 Å². The number of para-hydroxylation sites is 1. The Bertz CT molecular complexity index is 678. The van der Waals surface area contributed by atoms with E-state index in [0.717, 1.165) is 26.9 Å². The molecule has 0 aromatic heterocycles. The second-order valence-corrected chi connectivity index (χ2v) is 4.29. The van der Waals surface area contributed by atoms with Crippen LogP contribution in [0.5, 0.6) is 0 Å². The summed E-state index contributed by atoms with van der Waals surface area (Å²) in [5, 5.41) is 11.0. The molecule has 0 fully saturated rings. The minimum Gasteiger partial charge on any atom is -0.429 e. The van der Waals surface area contributed by atoms with Crippen LogP contribution in [-0.4, -0.2) is 28.8 Å². The molecule has 3 rings (SSSR count). The molecule has 5 nitrogen and oxygen atoms in total. The van der Waals surface area contributed by atoms with Gasteiger partial charge in [-0.1, -0.05) is 18.2 Å². The number of hydrogen-bond acceptors (Lipinski definition) is 4. The summed E-state index contributed by atoms with van der Waals surface area (Å²) in [6, 6.07) is 9.79. The maximum Gasteiger partial charge on any atom is 0.146 e. The van der Waals surface area contributed by atoms with Gasteiger partial charge in [-0.3, -0.25) is 0 Å². The Hall–Kier alpha value is -2.11. The molecule has 0 spiro atoms. The number of hydrogen-bond donors (Lipinski definition) is 1. The molecule has 0 radical (unpaired) electrons. The van der Waals surface area contributed by atoms with Gasteiger partial charge in [0.2, 0.25) is 0 Å². The Morgan fingerprint density at radius 2 is 2.16 bits per heavy atom. The lowest BCUT2D eigenvalue weighted by Gasteiger charge is -2.10. The van der Waals surface area contributed by atoms with Crippen LogP contribution in [0.25, 0.3) is 22.2 Å². The quantitative estimate of drug-likeness (QED) is 0.444. The third-order valence-corrected chi connectivity index (χ3v) is 3.01. The fourth-order valence-electron chi connectivity index (χ4n) is 2.15. The van der Waals surface area contributed by atoms with E-state index >= 15 is 0 Å². The minimum atomic E-state index is 0.193. The Kier molecular flexibility index (Phi) is 3.06. The first-order chi connectivity index (χ1) is 9.29. The fourth-order valence-corrected chi connectivity index (χ4v) is 2.15. The van der Waals surface area contributed by atoms with Crippen molar-refractivity contribution in [2.75, 3.05) is 13.9 Å². The van der Waals surface area contributed by atoms with Crippen LogP contribution in [0.3, 0.4) is 0 Å². The van der Waals surface area contributed by atoms with Crippen molar-refractivity contribution < 1.29 is 14.7 Å². The molecular weight excluding hydrogens is 244 g/mol. The number of fused-ring (bicyclic) bond motifs is 3. The van der Waals surface area contributed by atoms with Crippen molar-refractivity contribution in [1.29, 1.82) is 0 Å². The first kappa shape index (κ1) is 12.0. The monoisotopic (exact) mass is 258 g/mol. The molecule has 98 valence electrons. The third-order valence-electron chi connectivity index (χ3n) is 3.01. The lowest BCUT2D eigenvalue weighted by atomic mass is 10.1. The van der Waals surface area contributed by atoms with Crippen LogP contribution in [0.15, 0.2) is 36.5 Å². The Morgan fingerprint density at radius 3 is 3.00 bits per heavy atom. The normalized spacial score (nSPS) is 11.4. The van der Waals surface area contributed by atoms with E-state index in [2.05, 4.69) is 4.98 Å². The van der Waals surface area contributed by atoms with Gasteiger partial charge in [-0.15, -0.1) is 0 Å². The van der Waals surface area contributed by atoms with Crippen LogP contribution in [0, 0.1) is 0 Å². The van der Waals surface area contributed by atoms with Crippen molar-refractivity contribution in [2.45, 2.75) is 6.61 Å². The molecule has 19 heavy (non-hydrogen) atoms. The van der Waals surface area contributed by atoms with Crippen molar-refractivity contribution in [3.05, 3.63) is 42.2 Å². The molecule has 0 saturated carbocycles. The number of pyridine rings is 1. The number of methoxy groups -OCH3 is 1. The van der Waals surface area contributed by atoms with Crippen LogP contribution in [0.1, 0.15) is 5.69 Å². The summed E-state index contributed by atoms with van der Waals surface area (Å²) in [5.41, 5.74) is 3.35. The minimum absolute atomic E-state index is 0.193. The summed E-state index contributed by atoms with van der Waals surface area (Å²) in [4.78, 5) is 4.47. The molecule has 2 aliphatic rings. The van der Waals surface area contributed by atoms with Gasteiger partial charge in [0.15, 0.2) is 0 Å². The zero-order valence-corrected chi connectivity index (χ0v) is 10.5. The van der Waals surface area contributed by atoms with Crippen LogP contribution in [0.2, 0.25) is 0 Å². The van der Waals surface area contributed by atoms with Gasteiger partial charge in [-0.25, -0.2) is 4.98 Å². The van der Waals surface area contributed by atoms with Crippen molar-refractivity contribution >= 4 is 10.9 Å². The van der Waals surface area contributed by atoms with Crippen molar-refractivity contribution in [3.8, 4) is 11.3 Å². The Labute approximate surface area is 110 Å². The van der Waals surface area contributed by atoms with Gasteiger partial charge in [0.05, 0.1) is 29.7 Å². The second-order valence-electron chi connectivity index (χ2n) is 4.29. The molecule has 1 aromatic carbocycles. The van der Waals surface area contributed by atoms with Gasteiger partial charge in [-0.05, 0) is 12.1 Å². The van der Waals surface area contributed by atoms with E-state index in [9.17, 15) is 5.21 Å². The smallest absolute Gasteiger partial charge is 0.146 e. The van der Waals surface area contributed by atoms with Crippen LogP contribution in [0.4, 0.5) is 0 Å². The molecule has 0 unspecified atom stereocenters. The van der Waals surface area contributed by atoms with E-state index in [1.165, 1.54) is 0 Å². The molecule has 2 heterocycles. The van der Waals surface area contributed by atoms with Gasteiger partial charge < -0.3 is 14.7 Å². The largest absolute Gasteiger partial charge is 0.429 e. The average Bonchev–Trinajstić information content (AvgIpc) is 2.76. The standard InChI is InChI=1S/C14H14N2O3/c1-18-9-19-8-10-6-12-11-4-2-3-5-13(11)15-14(12)7-16(10)17/h2-7,17H,8-9H2,1H3. The Morgan fingerprint density at radius 1 is 1.32 bits per heavy atom. The van der Waals surface area contributed by atoms with E-state index < -0.39 is 0 Å². The molecule has 0 aliphatic carbocycles. The highest BCUT2D eigenvalue weighted by Gasteiger charge is 2.14. The summed E-state index contributed by atoms with van der Waals surface area (Å²) < 4.78 is 11.1. The van der Waals surface area contributed by atoms with Crippen LogP contribution in [-0.2, 0) is 16.1 Å². The second kappa shape index (κ2) is 4.87. The number of rotatable bonds is 4. The maximum absolute atomic E-state index is 9.89. The van der Waals surface area contributed by atoms with E-state index in [1.807, 2.05) is 30.3 Å². The van der Waals surface area contributed by atoms with Gasteiger partial charge >= 0.3 is 0 Å². The predicted octanol–water partition coefficient (Wildman–Crippen LogP) is 2.50. The van der Waals surface area contributed by atoms with Gasteiger partial charge in [0, 0.05) is 18.1 Å². The number of ether oxygens (including phenoxy) is 2. The van der Waals surface area contributed by atoms with Crippen molar-refractivity contribution in [1.82, 2.24) is 9.71 Å². The highest BCUT2D eigenvalue weighted by atomic mass is 16.7. The summed E-state index contributed by atoms with van der Waals surface area (Å²) in [5.74, 6) is 0. The van der Waals surface area contributed by atoms with Crippen LogP contribution >= 0.6 is 0 Å². The third kappa shape index (κ3) is 2.14. The lowest BCUT2D eigenvalue weighted by Crippen LogP contribution is -2.06. The first-order valence-corrected chi connectivity index (χ1v) is 5.95. The SMILES string of the molecule is COCOCc1cc2c3ccccc3nc-2cn1O. The summed E-state index contributed by atoms with van der Waals surface area (Å²) in [7, 11) is 1.56. The van der Waals surface area contributed by atoms with Gasteiger partial charge in [0.1, 0.15) is 6.79 Å². The number of benzene rings is 1. The van der Waals surface area contributed by atoms with E-state index in [4.69, 9.17) is 9.47 Å². The summed E-state index contributed by atoms with van der Waals surface area (Å²) in [6.07, 6.45) is 1.60. The van der Waals surface area contributed by atoms with E-state index in [1.54, 1.807) is 13.3 Å². The molecule has 1 N–H and O–H groups in total. The maximum atomic E-state index is 9.89. The zero-order valence-electron chi connectivity index (χ0n) is 10.5. The fraction of sp³-hybridized carbons (Fsp3) is 0.214. The summed E-state index contributed by atoms with van der Waals surface area (Å²) in [6.45, 7) is 0.470. The molecule has 2 aliphatic heterocycles. The van der Waals surface area contributed by atoms with E-state index in [0.29, 0.717) is 5.69 Å². The zero-order chi connectivity index (χ0) is 13.2. The molecule has 0 bridgehead atoms. The Balaban J connectivity index is 2.06. The first-order valence-electron chi connectivity index (χ1n) is 5.95. The van der Waals surface area contributed by atoms with Gasteiger partial charge in [-0.2, -0.15) is 4.73 Å². The highest BCUT2D eigenvalue weighted by molar-refractivity contribution is 5.97. The predicted molar refractivity (Wildman–Crippen MR) is 70.2 cm³/mol. The average molecular weight is 258 g/mol. The van der Waals surface area contributed by atoms with Gasteiger partial charge in [0.25, 0.3) is 0 Å². The van der Waals surface area contributed by atoms with Crippen molar-refractivity contribution in [2.24, 2.45) is 0 Å². The summed E-state index contributed by atoms with van der Waals surface area (Å²) >= 11 is 0. The molecule has 0 saturated heterocycles. The van der Waals surface area contributed by atoms with E-state index in [-0.39, 0.29) is 13.4 Å². The number of aromatic nitrogens is 2. The molecule has 0 amide bonds. The topological polar surface area (TPSA) is 56.5 Å². The lowest BCUT2D eigenvalue weighted by molar-refractivity contribution is -0.0445. The molecule has 5 heteroatoms. The molecular formula is C14H14N2O3. The molecule has 0 atom stereocenters. The highest BCUT2D eigenvalue weighted by Crippen LogP contribution is 2.31.